The van der Waals surface area contributed by atoms with E-state index in [2.05, 4.69) is 15.6 Å². The van der Waals surface area contributed by atoms with Crippen LogP contribution in [0.15, 0.2) is 12.1 Å². The number of carbonyl (C=O) groups is 1. The Morgan fingerprint density at radius 2 is 2.26 bits per heavy atom. The van der Waals surface area contributed by atoms with Crippen LogP contribution in [0.2, 0.25) is 5.15 Å². The fourth-order valence-electron chi connectivity index (χ4n) is 1.35. The van der Waals surface area contributed by atoms with Crippen molar-refractivity contribution in [2.45, 2.75) is 26.3 Å². The zero-order valence-corrected chi connectivity index (χ0v) is 11.4. The molecule has 2 N–H and O–H groups in total. The highest BCUT2D eigenvalue weighted by Gasteiger charge is 2.15. The molecule has 1 heterocycles. The van der Waals surface area contributed by atoms with Gasteiger partial charge in [0, 0.05) is 6.54 Å². The molecular weight excluding hydrogens is 272 g/mol. The second-order valence-electron chi connectivity index (χ2n) is 3.95. The molecule has 0 radical (unpaired) electrons. The van der Waals surface area contributed by atoms with Gasteiger partial charge in [0.05, 0.1) is 17.1 Å². The van der Waals surface area contributed by atoms with E-state index in [1.807, 2.05) is 6.92 Å². The molecule has 0 aromatic carbocycles. The van der Waals surface area contributed by atoms with Crippen molar-refractivity contribution in [1.29, 1.82) is 0 Å². The standard InChI is InChI=1S/C11H15ClN4O3/c1-3-4-13-11(17)7(2)14-10-6-8(16(18)19)5-9(12)15-10/h5-7H,3-4H2,1-2H3,(H,13,17)(H,14,15). The normalized spacial score (nSPS) is 11.7. The van der Waals surface area contributed by atoms with Gasteiger partial charge in [-0.3, -0.25) is 14.9 Å². The SMILES string of the molecule is CCCNC(=O)C(C)Nc1cc([N+](=O)[O-])cc(Cl)n1. The van der Waals surface area contributed by atoms with E-state index in [1.165, 1.54) is 6.07 Å². The molecule has 0 spiro atoms. The van der Waals surface area contributed by atoms with Crippen molar-refractivity contribution in [2.24, 2.45) is 0 Å². The summed E-state index contributed by atoms with van der Waals surface area (Å²) in [4.78, 5) is 25.6. The van der Waals surface area contributed by atoms with Gasteiger partial charge in [-0.25, -0.2) is 4.98 Å². The van der Waals surface area contributed by atoms with E-state index in [0.29, 0.717) is 6.54 Å². The maximum Gasteiger partial charge on any atom is 0.276 e. The Bertz CT molecular complexity index is 481. The number of nitrogens with one attached hydrogen (secondary N) is 2. The van der Waals surface area contributed by atoms with Gasteiger partial charge in [0.2, 0.25) is 5.91 Å². The van der Waals surface area contributed by atoms with Crippen LogP contribution in [0, 0.1) is 10.1 Å². The largest absolute Gasteiger partial charge is 0.358 e. The van der Waals surface area contributed by atoms with E-state index in [-0.39, 0.29) is 22.6 Å². The van der Waals surface area contributed by atoms with Crippen LogP contribution in [-0.4, -0.2) is 28.4 Å². The van der Waals surface area contributed by atoms with Crippen LogP contribution < -0.4 is 10.6 Å². The first kappa shape index (κ1) is 15.2. The average Bonchev–Trinajstić information content (AvgIpc) is 2.34. The summed E-state index contributed by atoms with van der Waals surface area (Å²) in [6.45, 7) is 4.16. The Morgan fingerprint density at radius 3 is 2.84 bits per heavy atom. The summed E-state index contributed by atoms with van der Waals surface area (Å²) in [5.74, 6) is -0.00960. The van der Waals surface area contributed by atoms with Crippen LogP contribution in [0.3, 0.4) is 0 Å². The molecule has 0 saturated carbocycles. The minimum atomic E-state index is -0.569. The van der Waals surface area contributed by atoms with E-state index < -0.39 is 11.0 Å². The van der Waals surface area contributed by atoms with Crippen LogP contribution >= 0.6 is 11.6 Å². The number of carbonyl (C=O) groups excluding carboxylic acids is 1. The number of rotatable bonds is 6. The van der Waals surface area contributed by atoms with Gasteiger partial charge < -0.3 is 10.6 Å². The highest BCUT2D eigenvalue weighted by molar-refractivity contribution is 6.29. The second-order valence-corrected chi connectivity index (χ2v) is 4.33. The van der Waals surface area contributed by atoms with E-state index in [4.69, 9.17) is 11.6 Å². The molecule has 1 rings (SSSR count). The minimum Gasteiger partial charge on any atom is -0.358 e. The molecule has 0 aliphatic heterocycles. The molecule has 0 fully saturated rings. The van der Waals surface area contributed by atoms with Crippen molar-refractivity contribution in [1.82, 2.24) is 10.3 Å². The van der Waals surface area contributed by atoms with Gasteiger partial charge in [-0.2, -0.15) is 0 Å². The van der Waals surface area contributed by atoms with Crippen LogP contribution in [-0.2, 0) is 4.79 Å². The Morgan fingerprint density at radius 1 is 1.58 bits per heavy atom. The molecule has 1 unspecified atom stereocenters. The van der Waals surface area contributed by atoms with Crippen LogP contribution in [0.4, 0.5) is 11.5 Å². The number of pyridine rings is 1. The number of halogens is 1. The van der Waals surface area contributed by atoms with Crippen molar-refractivity contribution in [2.75, 3.05) is 11.9 Å². The Balaban J connectivity index is 2.76. The Hall–Kier alpha value is -1.89. The molecule has 1 aromatic rings. The third-order valence-electron chi connectivity index (χ3n) is 2.30. The van der Waals surface area contributed by atoms with Gasteiger partial charge in [-0.05, 0) is 13.3 Å². The molecule has 7 nitrogen and oxygen atoms in total. The summed E-state index contributed by atoms with van der Waals surface area (Å²) in [6, 6.07) is 1.82. The van der Waals surface area contributed by atoms with E-state index in [1.54, 1.807) is 6.92 Å². The zero-order chi connectivity index (χ0) is 14.4. The number of hydrogen-bond acceptors (Lipinski definition) is 5. The fourth-order valence-corrected chi connectivity index (χ4v) is 1.55. The first-order valence-corrected chi connectivity index (χ1v) is 6.18. The van der Waals surface area contributed by atoms with Crippen molar-refractivity contribution >= 4 is 29.0 Å². The molecule has 1 atom stereocenters. The molecule has 1 aromatic heterocycles. The first-order chi connectivity index (χ1) is 8.93. The molecular formula is C11H15ClN4O3. The van der Waals surface area contributed by atoms with Gasteiger partial charge in [0.1, 0.15) is 17.0 Å². The van der Waals surface area contributed by atoms with Gasteiger partial charge in [-0.15, -0.1) is 0 Å². The van der Waals surface area contributed by atoms with Gasteiger partial charge in [-0.1, -0.05) is 18.5 Å². The molecule has 104 valence electrons. The van der Waals surface area contributed by atoms with Crippen molar-refractivity contribution in [3.63, 3.8) is 0 Å². The number of aromatic nitrogens is 1. The summed E-state index contributed by atoms with van der Waals surface area (Å²) in [6.07, 6.45) is 0.833. The monoisotopic (exact) mass is 286 g/mol. The minimum absolute atomic E-state index is 0.00198. The lowest BCUT2D eigenvalue weighted by atomic mass is 10.3. The number of amides is 1. The molecule has 0 saturated heterocycles. The van der Waals surface area contributed by atoms with E-state index in [0.717, 1.165) is 12.5 Å². The summed E-state index contributed by atoms with van der Waals surface area (Å²) in [5.41, 5.74) is -0.177. The van der Waals surface area contributed by atoms with Crippen molar-refractivity contribution < 1.29 is 9.72 Å². The average molecular weight is 287 g/mol. The van der Waals surface area contributed by atoms with E-state index >= 15 is 0 Å². The predicted octanol–water partition coefficient (Wildman–Crippen LogP) is 1.97. The van der Waals surface area contributed by atoms with Gasteiger partial charge in [0.25, 0.3) is 5.69 Å². The van der Waals surface area contributed by atoms with Crippen molar-refractivity contribution in [3.8, 4) is 0 Å². The second kappa shape index (κ2) is 6.89. The third-order valence-corrected chi connectivity index (χ3v) is 2.49. The highest BCUT2D eigenvalue weighted by Crippen LogP contribution is 2.20. The molecule has 0 aliphatic carbocycles. The Labute approximate surface area is 115 Å². The summed E-state index contributed by atoms with van der Waals surface area (Å²) in [7, 11) is 0. The summed E-state index contributed by atoms with van der Waals surface area (Å²) < 4.78 is 0. The Kier molecular flexibility index (Phi) is 5.50. The molecule has 0 bridgehead atoms. The number of hydrogen-bond donors (Lipinski definition) is 2. The first-order valence-electron chi connectivity index (χ1n) is 5.80. The quantitative estimate of drug-likeness (QED) is 0.473. The van der Waals surface area contributed by atoms with E-state index in [9.17, 15) is 14.9 Å². The molecule has 0 aliphatic rings. The molecule has 8 heteroatoms. The lowest BCUT2D eigenvalue weighted by Gasteiger charge is -2.14. The van der Waals surface area contributed by atoms with Crippen LogP contribution in [0.5, 0.6) is 0 Å². The fraction of sp³-hybridized carbons (Fsp3) is 0.455. The summed E-state index contributed by atoms with van der Waals surface area (Å²) >= 11 is 5.68. The lowest BCUT2D eigenvalue weighted by Crippen LogP contribution is -2.38. The predicted molar refractivity (Wildman–Crippen MR) is 72.3 cm³/mol. The molecule has 1 amide bonds. The maximum atomic E-state index is 11.6. The van der Waals surface area contributed by atoms with Crippen molar-refractivity contribution in [3.05, 3.63) is 27.4 Å². The van der Waals surface area contributed by atoms with Gasteiger partial charge >= 0.3 is 0 Å². The molecule has 19 heavy (non-hydrogen) atoms. The third kappa shape index (κ3) is 4.70. The number of anilines is 1. The number of nitrogens with zero attached hydrogens (tertiary/aromatic N) is 2. The van der Waals surface area contributed by atoms with Crippen LogP contribution in [0.25, 0.3) is 0 Å². The zero-order valence-electron chi connectivity index (χ0n) is 10.6. The highest BCUT2D eigenvalue weighted by atomic mass is 35.5. The summed E-state index contributed by atoms with van der Waals surface area (Å²) in [5, 5.41) is 16.2. The maximum absolute atomic E-state index is 11.6. The smallest absolute Gasteiger partial charge is 0.276 e. The number of nitro groups is 1. The van der Waals surface area contributed by atoms with Gasteiger partial charge in [0.15, 0.2) is 0 Å². The van der Waals surface area contributed by atoms with Crippen LogP contribution in [0.1, 0.15) is 20.3 Å². The lowest BCUT2D eigenvalue weighted by molar-refractivity contribution is -0.384. The topological polar surface area (TPSA) is 97.2 Å².